The van der Waals surface area contributed by atoms with Gasteiger partial charge in [-0.1, -0.05) is 26.2 Å². The van der Waals surface area contributed by atoms with E-state index in [4.69, 9.17) is 9.84 Å². The third-order valence-electron chi connectivity index (χ3n) is 3.26. The molecule has 0 aromatic heterocycles. The van der Waals surface area contributed by atoms with Gasteiger partial charge >= 0.3 is 6.16 Å². The first-order valence-corrected chi connectivity index (χ1v) is 13.3. The first-order valence-electron chi connectivity index (χ1n) is 7.14. The van der Waals surface area contributed by atoms with E-state index >= 15 is 0 Å². The molecule has 0 spiro atoms. The highest BCUT2D eigenvalue weighted by atomic mass is 32.2. The molecule has 0 aliphatic rings. The van der Waals surface area contributed by atoms with Crippen molar-refractivity contribution < 1.29 is 19.4 Å². The van der Waals surface area contributed by atoms with Gasteiger partial charge in [0.15, 0.2) is 0 Å². The monoisotopic (exact) mass is 364 g/mol. The zero-order valence-corrected chi connectivity index (χ0v) is 17.0. The molecule has 0 aromatic rings. The summed E-state index contributed by atoms with van der Waals surface area (Å²) in [5.41, 5.74) is 0.814. The number of carboxylic acid groups (broad SMARTS) is 1. The molecule has 0 rings (SSSR count). The lowest BCUT2D eigenvalue weighted by molar-refractivity contribution is -0.117. The second kappa shape index (κ2) is 9.03. The summed E-state index contributed by atoms with van der Waals surface area (Å²) in [6.07, 6.45) is 2.92. The molecule has 0 heterocycles. The van der Waals surface area contributed by atoms with E-state index in [-0.39, 0.29) is 5.78 Å². The molecule has 0 saturated carbocycles. The Morgan fingerprint density at radius 1 is 1.27 bits per heavy atom. The summed E-state index contributed by atoms with van der Waals surface area (Å²) in [6.45, 7) is 12.3. The van der Waals surface area contributed by atoms with Crippen LogP contribution in [0, 0.1) is 0 Å². The number of thioether (sulfide) groups is 2. The largest absolute Gasteiger partial charge is 0.506 e. The summed E-state index contributed by atoms with van der Waals surface area (Å²) in [5.74, 6) is 0.0948. The second-order valence-electron chi connectivity index (χ2n) is 6.58. The zero-order valence-electron chi connectivity index (χ0n) is 14.4. The highest BCUT2D eigenvalue weighted by Crippen LogP contribution is 2.46. The predicted octanol–water partition coefficient (Wildman–Crippen LogP) is 4.74. The topological polar surface area (TPSA) is 63.6 Å². The molecule has 0 aliphatic heterocycles. The van der Waals surface area contributed by atoms with Crippen molar-refractivity contribution in [2.45, 2.75) is 55.6 Å². The smallest absolute Gasteiger partial charge is 0.450 e. The lowest BCUT2D eigenvalue weighted by Gasteiger charge is -2.39. The molecule has 0 radical (unpaired) electrons. The first-order chi connectivity index (χ1) is 9.97. The lowest BCUT2D eigenvalue weighted by atomic mass is 10.0. The fourth-order valence-electron chi connectivity index (χ4n) is 2.34. The predicted molar refractivity (Wildman–Crippen MR) is 99.9 cm³/mol. The standard InChI is InChI=1S/C15H28O4S2Si/c1-11(10-22(5,6)7)13(19-14(17)18)15(20-3,21-4)9-8-12(2)16/h13H,1,8-10H2,2-7H3,(H,17,18). The number of ether oxygens (including phenoxy) is 1. The van der Waals surface area contributed by atoms with Gasteiger partial charge in [0.1, 0.15) is 16.0 Å². The van der Waals surface area contributed by atoms with Crippen LogP contribution in [-0.4, -0.2) is 47.8 Å². The van der Waals surface area contributed by atoms with Crippen LogP contribution in [0.15, 0.2) is 12.2 Å². The summed E-state index contributed by atoms with van der Waals surface area (Å²) in [7, 11) is -1.44. The Bertz CT molecular complexity index is 414. The van der Waals surface area contributed by atoms with Crippen LogP contribution >= 0.6 is 23.5 Å². The molecule has 1 unspecified atom stereocenters. The molecule has 0 amide bonds. The van der Waals surface area contributed by atoms with Gasteiger partial charge in [0.2, 0.25) is 0 Å². The second-order valence-corrected chi connectivity index (χ2v) is 14.6. The van der Waals surface area contributed by atoms with Gasteiger partial charge in [0.05, 0.1) is 0 Å². The number of hydrogen-bond acceptors (Lipinski definition) is 5. The molecule has 7 heteroatoms. The fraction of sp³-hybridized carbons (Fsp3) is 0.733. The van der Waals surface area contributed by atoms with Crippen molar-refractivity contribution in [3.63, 3.8) is 0 Å². The number of Topliss-reactive ketones (excluding diaryl/α,β-unsaturated/α-hetero) is 1. The maximum Gasteiger partial charge on any atom is 0.506 e. The minimum atomic E-state index is -1.44. The molecule has 1 atom stereocenters. The fourth-order valence-corrected chi connectivity index (χ4v) is 6.03. The van der Waals surface area contributed by atoms with Crippen LogP contribution in [0.3, 0.4) is 0 Å². The van der Waals surface area contributed by atoms with E-state index in [1.807, 2.05) is 12.5 Å². The van der Waals surface area contributed by atoms with Crippen LogP contribution in [0.2, 0.25) is 25.7 Å². The van der Waals surface area contributed by atoms with Gasteiger partial charge in [-0.15, -0.1) is 23.5 Å². The Labute approximate surface area is 143 Å². The SMILES string of the molecule is C=C(C[Si](C)(C)C)C(OC(=O)O)C(CCC(C)=O)(SC)SC. The molecule has 0 saturated heterocycles. The number of carbonyl (C=O) groups is 2. The molecule has 1 N–H and O–H groups in total. The van der Waals surface area contributed by atoms with Crippen molar-refractivity contribution in [1.29, 1.82) is 0 Å². The average Bonchev–Trinajstić information content (AvgIpc) is 2.36. The third-order valence-corrected chi connectivity index (χ3v) is 8.00. The maximum atomic E-state index is 11.4. The van der Waals surface area contributed by atoms with Gasteiger partial charge in [-0.05, 0) is 37.5 Å². The molecular weight excluding hydrogens is 336 g/mol. The van der Waals surface area contributed by atoms with Crippen LogP contribution in [0.5, 0.6) is 0 Å². The van der Waals surface area contributed by atoms with Crippen LogP contribution in [0.4, 0.5) is 4.79 Å². The minimum absolute atomic E-state index is 0.0948. The number of hydrogen-bond donors (Lipinski definition) is 1. The van der Waals surface area contributed by atoms with E-state index in [0.29, 0.717) is 12.8 Å². The molecule has 128 valence electrons. The number of carbonyl (C=O) groups excluding carboxylic acids is 1. The highest BCUT2D eigenvalue weighted by molar-refractivity contribution is 8.17. The van der Waals surface area contributed by atoms with Crippen LogP contribution in [-0.2, 0) is 9.53 Å². The Morgan fingerprint density at radius 2 is 1.77 bits per heavy atom. The van der Waals surface area contributed by atoms with Gasteiger partial charge in [0, 0.05) is 14.5 Å². The van der Waals surface area contributed by atoms with E-state index in [9.17, 15) is 9.59 Å². The van der Waals surface area contributed by atoms with Crippen molar-refractivity contribution in [3.05, 3.63) is 12.2 Å². The Kier molecular flexibility index (Phi) is 8.86. The van der Waals surface area contributed by atoms with Crippen molar-refractivity contribution >= 4 is 43.5 Å². The number of rotatable bonds is 10. The highest BCUT2D eigenvalue weighted by Gasteiger charge is 2.43. The first kappa shape index (κ1) is 21.6. The molecule has 0 bridgehead atoms. The Hall–Kier alpha value is -0.403. The van der Waals surface area contributed by atoms with Gasteiger partial charge in [0.25, 0.3) is 0 Å². The maximum absolute atomic E-state index is 11.4. The van der Waals surface area contributed by atoms with Crippen molar-refractivity contribution in [2.24, 2.45) is 0 Å². The van der Waals surface area contributed by atoms with E-state index in [2.05, 4.69) is 26.2 Å². The Balaban J connectivity index is 5.51. The Morgan fingerprint density at radius 3 is 2.09 bits per heavy atom. The van der Waals surface area contributed by atoms with E-state index < -0.39 is 24.4 Å². The van der Waals surface area contributed by atoms with Crippen LogP contribution < -0.4 is 0 Å². The molecule has 4 nitrogen and oxygen atoms in total. The molecule has 0 aromatic carbocycles. The quantitative estimate of drug-likeness (QED) is 0.261. The van der Waals surface area contributed by atoms with Crippen LogP contribution in [0.1, 0.15) is 19.8 Å². The van der Waals surface area contributed by atoms with Crippen molar-refractivity contribution in [3.8, 4) is 0 Å². The lowest BCUT2D eigenvalue weighted by Crippen LogP contribution is -2.42. The summed E-state index contributed by atoms with van der Waals surface area (Å²) >= 11 is 3.08. The zero-order chi connectivity index (χ0) is 17.6. The van der Waals surface area contributed by atoms with E-state index in [1.54, 1.807) is 30.4 Å². The minimum Gasteiger partial charge on any atom is -0.450 e. The summed E-state index contributed by atoms with van der Waals surface area (Å²) in [5, 5.41) is 9.13. The molecule has 0 fully saturated rings. The van der Waals surface area contributed by atoms with Crippen LogP contribution in [0.25, 0.3) is 0 Å². The van der Waals surface area contributed by atoms with Gasteiger partial charge in [-0.2, -0.15) is 0 Å². The normalized spacial score (nSPS) is 13.5. The summed E-state index contributed by atoms with van der Waals surface area (Å²) in [4.78, 5) is 22.5. The number of ketones is 1. The molecule has 0 aliphatic carbocycles. The van der Waals surface area contributed by atoms with Crippen molar-refractivity contribution in [2.75, 3.05) is 12.5 Å². The van der Waals surface area contributed by atoms with Gasteiger partial charge in [-0.3, -0.25) is 0 Å². The molecule has 22 heavy (non-hydrogen) atoms. The summed E-state index contributed by atoms with van der Waals surface area (Å²) in [6, 6.07) is 0.799. The van der Waals surface area contributed by atoms with E-state index in [0.717, 1.165) is 11.6 Å². The van der Waals surface area contributed by atoms with Gasteiger partial charge < -0.3 is 14.6 Å². The van der Waals surface area contributed by atoms with E-state index in [1.165, 1.54) is 0 Å². The van der Waals surface area contributed by atoms with Crippen molar-refractivity contribution in [1.82, 2.24) is 0 Å². The average molecular weight is 365 g/mol. The third kappa shape index (κ3) is 7.24. The van der Waals surface area contributed by atoms with Gasteiger partial charge in [-0.25, -0.2) is 4.79 Å². The molecular formula is C15H28O4S2Si. The summed E-state index contributed by atoms with van der Waals surface area (Å²) < 4.78 is 4.71.